The summed E-state index contributed by atoms with van der Waals surface area (Å²) in [6.45, 7) is 5.12. The molecule has 1 amide bonds. The number of hydrogen-bond acceptors (Lipinski definition) is 4. The van der Waals surface area contributed by atoms with E-state index in [0.29, 0.717) is 22.0 Å². The number of fused-ring (bicyclic) bond motifs is 1. The lowest BCUT2D eigenvalue weighted by atomic mass is 10.1. The van der Waals surface area contributed by atoms with Crippen molar-refractivity contribution in [1.82, 2.24) is 15.2 Å². The fourth-order valence-electron chi connectivity index (χ4n) is 4.79. The molecule has 1 atom stereocenters. The summed E-state index contributed by atoms with van der Waals surface area (Å²) < 4.78 is 13.2. The van der Waals surface area contributed by atoms with Crippen LogP contribution in [0.2, 0.25) is 0 Å². The molecular weight excluding hydrogens is 467 g/mol. The van der Waals surface area contributed by atoms with Gasteiger partial charge in [-0.25, -0.2) is 4.39 Å². The number of nitrogens with one attached hydrogen (secondary N) is 2. The zero-order valence-corrected chi connectivity index (χ0v) is 20.9. The Hall–Kier alpha value is -3.97. The Labute approximate surface area is 215 Å². The van der Waals surface area contributed by atoms with Gasteiger partial charge in [0, 0.05) is 29.2 Å². The molecule has 3 N–H and O–H groups in total. The number of H-pyrrole nitrogens is 1. The van der Waals surface area contributed by atoms with Crippen LogP contribution < -0.4 is 5.32 Å². The molecule has 0 aliphatic carbocycles. The lowest BCUT2D eigenvalue weighted by Gasteiger charge is -2.26. The van der Waals surface area contributed by atoms with Gasteiger partial charge in [0.25, 0.3) is 5.91 Å². The fourth-order valence-corrected chi connectivity index (χ4v) is 4.79. The molecule has 4 aromatic rings. The number of benzene rings is 3. The van der Waals surface area contributed by atoms with Gasteiger partial charge in [-0.2, -0.15) is 0 Å². The zero-order valence-electron chi connectivity index (χ0n) is 20.9. The van der Waals surface area contributed by atoms with Gasteiger partial charge in [0.05, 0.1) is 17.3 Å². The highest BCUT2D eigenvalue weighted by Gasteiger charge is 2.15. The second kappa shape index (κ2) is 11.0. The van der Waals surface area contributed by atoms with E-state index in [9.17, 15) is 14.3 Å². The quantitative estimate of drug-likeness (QED) is 0.264. The number of likely N-dealkylation sites (tertiary alicyclic amines) is 1. The summed E-state index contributed by atoms with van der Waals surface area (Å²) in [6.07, 6.45) is 5.49. The number of halogens is 1. The van der Waals surface area contributed by atoms with Crippen LogP contribution in [-0.2, 0) is 6.54 Å². The van der Waals surface area contributed by atoms with Crippen LogP contribution in [0.1, 0.15) is 59.3 Å². The van der Waals surface area contributed by atoms with Gasteiger partial charge in [-0.3, -0.25) is 14.7 Å². The average molecular weight is 499 g/mol. The van der Waals surface area contributed by atoms with Crippen LogP contribution in [0.25, 0.3) is 10.9 Å². The first-order valence-corrected chi connectivity index (χ1v) is 12.7. The predicted octanol–water partition coefficient (Wildman–Crippen LogP) is 6.24. The maximum absolute atomic E-state index is 13.2. The Morgan fingerprint density at radius 2 is 1.81 bits per heavy atom. The van der Waals surface area contributed by atoms with Gasteiger partial charge in [-0.05, 0) is 86.4 Å². The van der Waals surface area contributed by atoms with E-state index < -0.39 is 0 Å². The molecular formula is C30H31FN4O2. The lowest BCUT2D eigenvalue weighted by Crippen LogP contribution is -2.28. The van der Waals surface area contributed by atoms with Crippen molar-refractivity contribution in [2.75, 3.05) is 13.1 Å². The largest absolute Gasteiger partial charge is 0.494 e. The maximum Gasteiger partial charge on any atom is 0.251 e. The highest BCUT2D eigenvalue weighted by molar-refractivity contribution is 6.06. The number of rotatable bonds is 7. The third-order valence-corrected chi connectivity index (χ3v) is 6.93. The van der Waals surface area contributed by atoms with E-state index in [2.05, 4.69) is 32.3 Å². The van der Waals surface area contributed by atoms with E-state index in [0.717, 1.165) is 30.9 Å². The Morgan fingerprint density at radius 3 is 2.54 bits per heavy atom. The Balaban J connectivity index is 1.30. The fraction of sp³-hybridized carbons (Fsp3) is 0.267. The number of nitrogens with zero attached hydrogens (tertiary/aromatic N) is 2. The number of amides is 1. The van der Waals surface area contributed by atoms with E-state index in [4.69, 9.17) is 0 Å². The minimum Gasteiger partial charge on any atom is -0.494 e. The van der Waals surface area contributed by atoms with Crippen LogP contribution in [0.3, 0.4) is 0 Å². The molecule has 1 fully saturated rings. The van der Waals surface area contributed by atoms with Crippen molar-refractivity contribution in [1.29, 1.82) is 0 Å². The highest BCUT2D eigenvalue weighted by Crippen LogP contribution is 2.28. The number of carbonyl (C=O) groups excluding carboxylic acids is 1. The van der Waals surface area contributed by atoms with Crippen molar-refractivity contribution >= 4 is 28.7 Å². The van der Waals surface area contributed by atoms with E-state index in [1.165, 1.54) is 37.0 Å². The smallest absolute Gasteiger partial charge is 0.251 e. The molecule has 1 aliphatic heterocycles. The monoisotopic (exact) mass is 498 g/mol. The first-order valence-electron chi connectivity index (χ1n) is 12.7. The Kier molecular flexibility index (Phi) is 7.32. The summed E-state index contributed by atoms with van der Waals surface area (Å²) in [5.41, 5.74) is 4.55. The number of aromatic amines is 1. The highest BCUT2D eigenvalue weighted by atomic mass is 19.1. The van der Waals surface area contributed by atoms with Crippen LogP contribution in [0, 0.1) is 5.82 Å². The zero-order chi connectivity index (χ0) is 25.8. The lowest BCUT2D eigenvalue weighted by molar-refractivity contribution is 0.0940. The molecule has 5 rings (SSSR count). The third-order valence-electron chi connectivity index (χ3n) is 6.93. The van der Waals surface area contributed by atoms with Crippen molar-refractivity contribution in [3.05, 3.63) is 94.8 Å². The molecule has 190 valence electrons. The number of piperidine rings is 1. The Bertz CT molecular complexity index is 1400. The van der Waals surface area contributed by atoms with Gasteiger partial charge < -0.3 is 15.4 Å². The molecule has 37 heavy (non-hydrogen) atoms. The number of aromatic nitrogens is 1. The number of aliphatic imine (C=N–C) groups is 1. The maximum atomic E-state index is 13.2. The minimum absolute atomic E-state index is 0.00212. The summed E-state index contributed by atoms with van der Waals surface area (Å²) in [7, 11) is 0. The molecule has 0 unspecified atom stereocenters. The second-order valence-corrected chi connectivity index (χ2v) is 9.66. The van der Waals surface area contributed by atoms with E-state index in [1.54, 1.807) is 36.5 Å². The molecule has 1 saturated heterocycles. The van der Waals surface area contributed by atoms with Gasteiger partial charge in [-0.15, -0.1) is 0 Å². The van der Waals surface area contributed by atoms with Crippen LogP contribution in [0.15, 0.2) is 71.7 Å². The number of aromatic hydroxyl groups is 1. The van der Waals surface area contributed by atoms with Gasteiger partial charge in [0.15, 0.2) is 5.88 Å². The average Bonchev–Trinajstić information content (AvgIpc) is 3.23. The molecule has 0 spiro atoms. The molecule has 0 bridgehead atoms. The standard InChI is InChI=1S/C30H31FN4O2/c1-20(22-7-10-24(31)11-8-22)33-29(36)23-9-14-28-26(17-23)27(30(37)34-28)18-32-25-12-5-21(6-13-25)19-35-15-3-2-4-16-35/h5-14,17-18,20,34,37H,2-4,15-16,19H2,1H3,(H,33,36)/t20-/m0/s1. The van der Waals surface area contributed by atoms with E-state index in [-0.39, 0.29) is 23.6 Å². The SMILES string of the molecule is C[C@H](NC(=O)c1ccc2[nH]c(O)c(C=Nc3ccc(CN4CCCCC4)cc3)c2c1)c1ccc(F)cc1. The molecule has 1 aromatic heterocycles. The normalized spacial score (nSPS) is 15.3. The van der Waals surface area contributed by atoms with Crippen LogP contribution in [0.4, 0.5) is 10.1 Å². The van der Waals surface area contributed by atoms with Gasteiger partial charge in [0.2, 0.25) is 0 Å². The summed E-state index contributed by atoms with van der Waals surface area (Å²) in [5, 5.41) is 14.1. The summed E-state index contributed by atoms with van der Waals surface area (Å²) in [6, 6.07) is 19.1. The van der Waals surface area contributed by atoms with Gasteiger partial charge >= 0.3 is 0 Å². The first-order chi connectivity index (χ1) is 18.0. The number of carbonyl (C=O) groups is 1. The Morgan fingerprint density at radius 1 is 1.08 bits per heavy atom. The topological polar surface area (TPSA) is 80.7 Å². The predicted molar refractivity (Wildman–Crippen MR) is 145 cm³/mol. The van der Waals surface area contributed by atoms with Crippen LogP contribution in [0.5, 0.6) is 5.88 Å². The summed E-state index contributed by atoms with van der Waals surface area (Å²) in [4.78, 5) is 22.9. The minimum atomic E-state index is -0.317. The first kappa shape index (κ1) is 24.7. The summed E-state index contributed by atoms with van der Waals surface area (Å²) in [5.74, 6) is -0.577. The second-order valence-electron chi connectivity index (χ2n) is 9.66. The van der Waals surface area contributed by atoms with E-state index in [1.807, 2.05) is 19.1 Å². The molecule has 0 saturated carbocycles. The third kappa shape index (κ3) is 5.89. The number of hydrogen-bond donors (Lipinski definition) is 3. The molecule has 6 nitrogen and oxygen atoms in total. The van der Waals surface area contributed by atoms with Crippen molar-refractivity contribution in [2.45, 2.75) is 38.8 Å². The van der Waals surface area contributed by atoms with Crippen molar-refractivity contribution in [2.24, 2.45) is 4.99 Å². The van der Waals surface area contributed by atoms with Gasteiger partial charge in [-0.1, -0.05) is 30.7 Å². The van der Waals surface area contributed by atoms with Crippen molar-refractivity contribution in [3.8, 4) is 5.88 Å². The molecule has 0 radical (unpaired) electrons. The molecule has 3 aromatic carbocycles. The molecule has 1 aliphatic rings. The van der Waals surface area contributed by atoms with Crippen LogP contribution >= 0.6 is 0 Å². The van der Waals surface area contributed by atoms with Crippen molar-refractivity contribution in [3.63, 3.8) is 0 Å². The van der Waals surface area contributed by atoms with Crippen molar-refractivity contribution < 1.29 is 14.3 Å². The molecule has 7 heteroatoms. The van der Waals surface area contributed by atoms with Crippen LogP contribution in [-0.4, -0.2) is 40.2 Å². The molecule has 2 heterocycles. The summed E-state index contributed by atoms with van der Waals surface area (Å²) >= 11 is 0. The van der Waals surface area contributed by atoms with Gasteiger partial charge in [0.1, 0.15) is 5.82 Å². The van der Waals surface area contributed by atoms with E-state index >= 15 is 0 Å².